The lowest BCUT2D eigenvalue weighted by molar-refractivity contribution is 0.981. The summed E-state index contributed by atoms with van der Waals surface area (Å²) in [5, 5.41) is 3.07. The van der Waals surface area contributed by atoms with E-state index in [4.69, 9.17) is 0 Å². The molecule has 0 amide bonds. The third-order valence-electron chi connectivity index (χ3n) is 0.756. The first-order valence-corrected chi connectivity index (χ1v) is 2.87. The van der Waals surface area contributed by atoms with Crippen molar-refractivity contribution in [3.8, 4) is 0 Å². The van der Waals surface area contributed by atoms with Gasteiger partial charge in [-0.2, -0.15) is 0 Å². The molecule has 8 heavy (non-hydrogen) atoms. The quantitative estimate of drug-likeness (QED) is 0.431. The SMILES string of the molecule is C/C=C/CN/C=C/C. The molecule has 0 unspecified atom stereocenters. The van der Waals surface area contributed by atoms with Gasteiger partial charge in [0.05, 0.1) is 0 Å². The second-order valence-corrected chi connectivity index (χ2v) is 1.48. The van der Waals surface area contributed by atoms with Crippen LogP contribution < -0.4 is 5.32 Å². The van der Waals surface area contributed by atoms with Crippen LogP contribution in [-0.4, -0.2) is 6.54 Å². The van der Waals surface area contributed by atoms with E-state index in [0.29, 0.717) is 0 Å². The van der Waals surface area contributed by atoms with Gasteiger partial charge in [-0.1, -0.05) is 18.2 Å². The molecule has 0 aliphatic heterocycles. The molecule has 0 radical (unpaired) electrons. The van der Waals surface area contributed by atoms with Gasteiger partial charge < -0.3 is 5.32 Å². The molecule has 0 aliphatic carbocycles. The molecule has 0 atom stereocenters. The lowest BCUT2D eigenvalue weighted by Gasteiger charge is -1.89. The minimum Gasteiger partial charge on any atom is -0.388 e. The normalized spacial score (nSPS) is 11.2. The van der Waals surface area contributed by atoms with Gasteiger partial charge in [0.2, 0.25) is 0 Å². The van der Waals surface area contributed by atoms with E-state index >= 15 is 0 Å². The Morgan fingerprint density at radius 2 is 2.00 bits per heavy atom. The van der Waals surface area contributed by atoms with E-state index in [1.165, 1.54) is 0 Å². The van der Waals surface area contributed by atoms with Crippen molar-refractivity contribution in [2.45, 2.75) is 13.8 Å². The van der Waals surface area contributed by atoms with Crippen LogP contribution in [0.5, 0.6) is 0 Å². The highest BCUT2D eigenvalue weighted by molar-refractivity contribution is 4.83. The minimum absolute atomic E-state index is 0.931. The Morgan fingerprint density at radius 3 is 2.50 bits per heavy atom. The summed E-state index contributed by atoms with van der Waals surface area (Å²) in [7, 11) is 0. The van der Waals surface area contributed by atoms with Crippen molar-refractivity contribution in [3.05, 3.63) is 24.4 Å². The summed E-state index contributed by atoms with van der Waals surface area (Å²) < 4.78 is 0. The summed E-state index contributed by atoms with van der Waals surface area (Å²) in [4.78, 5) is 0. The molecule has 0 aromatic heterocycles. The van der Waals surface area contributed by atoms with E-state index in [1.54, 1.807) is 0 Å². The van der Waals surface area contributed by atoms with Crippen LogP contribution in [0.4, 0.5) is 0 Å². The van der Waals surface area contributed by atoms with Crippen LogP contribution in [0, 0.1) is 0 Å². The summed E-state index contributed by atoms with van der Waals surface area (Å²) >= 11 is 0. The van der Waals surface area contributed by atoms with Gasteiger partial charge >= 0.3 is 0 Å². The number of hydrogen-bond acceptors (Lipinski definition) is 1. The molecule has 0 saturated heterocycles. The Balaban J connectivity index is 2.93. The van der Waals surface area contributed by atoms with E-state index in [0.717, 1.165) is 6.54 Å². The summed E-state index contributed by atoms with van der Waals surface area (Å²) in [6.45, 7) is 4.93. The van der Waals surface area contributed by atoms with E-state index in [2.05, 4.69) is 11.4 Å². The second kappa shape index (κ2) is 6.28. The van der Waals surface area contributed by atoms with Crippen molar-refractivity contribution < 1.29 is 0 Å². The molecule has 0 fully saturated rings. The molecular formula is C7H13N. The van der Waals surface area contributed by atoms with Crippen molar-refractivity contribution in [2.24, 2.45) is 0 Å². The third-order valence-corrected chi connectivity index (χ3v) is 0.756. The Morgan fingerprint density at radius 1 is 1.25 bits per heavy atom. The van der Waals surface area contributed by atoms with Crippen molar-refractivity contribution in [1.29, 1.82) is 0 Å². The van der Waals surface area contributed by atoms with Gasteiger partial charge in [-0.05, 0) is 20.0 Å². The van der Waals surface area contributed by atoms with Crippen molar-refractivity contribution >= 4 is 0 Å². The van der Waals surface area contributed by atoms with Gasteiger partial charge in [0.15, 0.2) is 0 Å². The Bertz CT molecular complexity index is 70.4. The zero-order valence-corrected chi connectivity index (χ0v) is 5.52. The number of hydrogen-bond donors (Lipinski definition) is 1. The Labute approximate surface area is 51.1 Å². The predicted molar refractivity (Wildman–Crippen MR) is 37.6 cm³/mol. The number of allylic oxidation sites excluding steroid dienone is 2. The smallest absolute Gasteiger partial charge is 0.0325 e. The lowest BCUT2D eigenvalue weighted by Crippen LogP contribution is -2.02. The summed E-state index contributed by atoms with van der Waals surface area (Å²) in [5.74, 6) is 0. The monoisotopic (exact) mass is 111 g/mol. The molecule has 0 bridgehead atoms. The van der Waals surface area contributed by atoms with E-state index in [-0.39, 0.29) is 0 Å². The topological polar surface area (TPSA) is 12.0 Å². The minimum atomic E-state index is 0.931. The zero-order valence-electron chi connectivity index (χ0n) is 5.52. The van der Waals surface area contributed by atoms with Gasteiger partial charge in [0.1, 0.15) is 0 Å². The fourth-order valence-corrected chi connectivity index (χ4v) is 0.372. The zero-order chi connectivity index (χ0) is 6.24. The first kappa shape index (κ1) is 7.28. The third kappa shape index (κ3) is 5.28. The van der Waals surface area contributed by atoms with Gasteiger partial charge in [-0.25, -0.2) is 0 Å². The molecular weight excluding hydrogens is 98.1 g/mol. The molecule has 1 nitrogen and oxygen atoms in total. The van der Waals surface area contributed by atoms with Crippen LogP contribution in [-0.2, 0) is 0 Å². The van der Waals surface area contributed by atoms with Crippen LogP contribution in [0.2, 0.25) is 0 Å². The van der Waals surface area contributed by atoms with Gasteiger partial charge in [0, 0.05) is 6.54 Å². The van der Waals surface area contributed by atoms with Crippen LogP contribution in [0.3, 0.4) is 0 Å². The molecule has 0 saturated carbocycles. The van der Waals surface area contributed by atoms with Crippen LogP contribution >= 0.6 is 0 Å². The summed E-state index contributed by atoms with van der Waals surface area (Å²) in [6, 6.07) is 0. The maximum atomic E-state index is 3.07. The van der Waals surface area contributed by atoms with Crippen molar-refractivity contribution in [1.82, 2.24) is 5.32 Å². The fraction of sp³-hybridized carbons (Fsp3) is 0.429. The highest BCUT2D eigenvalue weighted by atomic mass is 14.8. The highest BCUT2D eigenvalue weighted by Gasteiger charge is 1.65. The maximum absolute atomic E-state index is 3.07. The molecule has 0 aromatic rings. The predicted octanol–water partition coefficient (Wildman–Crippen LogP) is 1.69. The Kier molecular flexibility index (Phi) is 5.71. The van der Waals surface area contributed by atoms with Crippen molar-refractivity contribution in [3.63, 3.8) is 0 Å². The van der Waals surface area contributed by atoms with Gasteiger partial charge in [-0.3, -0.25) is 0 Å². The first-order chi connectivity index (χ1) is 3.91. The second-order valence-electron chi connectivity index (χ2n) is 1.48. The average Bonchev–Trinajstić information content (AvgIpc) is 1.81. The fourth-order valence-electron chi connectivity index (χ4n) is 0.372. The van der Waals surface area contributed by atoms with Crippen LogP contribution in [0.15, 0.2) is 24.4 Å². The van der Waals surface area contributed by atoms with Crippen LogP contribution in [0.25, 0.3) is 0 Å². The number of rotatable bonds is 3. The van der Waals surface area contributed by atoms with Crippen molar-refractivity contribution in [2.75, 3.05) is 6.54 Å². The van der Waals surface area contributed by atoms with E-state index in [1.807, 2.05) is 32.2 Å². The standard InChI is InChI=1S/C7H13N/c1-3-5-7-8-6-4-2/h3-6,8H,7H2,1-2H3/b5-3+,6-4+. The molecule has 0 aliphatic rings. The largest absolute Gasteiger partial charge is 0.388 e. The van der Waals surface area contributed by atoms with Gasteiger partial charge in [-0.15, -0.1) is 0 Å². The molecule has 46 valence electrons. The highest BCUT2D eigenvalue weighted by Crippen LogP contribution is 1.67. The number of nitrogens with one attached hydrogen (secondary N) is 1. The molecule has 1 N–H and O–H groups in total. The summed E-state index contributed by atoms with van der Waals surface area (Å²) in [6.07, 6.45) is 8.00. The average molecular weight is 111 g/mol. The molecule has 0 heterocycles. The van der Waals surface area contributed by atoms with E-state index < -0.39 is 0 Å². The van der Waals surface area contributed by atoms with E-state index in [9.17, 15) is 0 Å². The molecule has 0 aromatic carbocycles. The molecule has 0 spiro atoms. The summed E-state index contributed by atoms with van der Waals surface area (Å²) in [5.41, 5.74) is 0. The maximum Gasteiger partial charge on any atom is 0.0325 e. The van der Waals surface area contributed by atoms with Gasteiger partial charge in [0.25, 0.3) is 0 Å². The first-order valence-electron chi connectivity index (χ1n) is 2.87. The van der Waals surface area contributed by atoms with Crippen LogP contribution in [0.1, 0.15) is 13.8 Å². The Hall–Kier alpha value is -0.720. The lowest BCUT2D eigenvalue weighted by atomic mass is 10.5. The molecule has 0 rings (SSSR count). The molecule has 1 heteroatoms.